The van der Waals surface area contributed by atoms with Crippen molar-refractivity contribution in [3.63, 3.8) is 0 Å². The molecule has 2 aromatic rings. The Morgan fingerprint density at radius 2 is 2.37 bits per heavy atom. The van der Waals surface area contributed by atoms with Gasteiger partial charge in [0.15, 0.2) is 0 Å². The molecule has 102 valence electrons. The first-order valence-electron chi connectivity index (χ1n) is 6.36. The SMILES string of the molecule is C=CCn1cc(CN(C)C(C)c2ccon2)c(C)n1. The molecule has 0 N–H and O–H groups in total. The van der Waals surface area contributed by atoms with Gasteiger partial charge >= 0.3 is 0 Å². The third-order valence-corrected chi connectivity index (χ3v) is 3.33. The predicted molar refractivity (Wildman–Crippen MR) is 73.5 cm³/mol. The summed E-state index contributed by atoms with van der Waals surface area (Å²) in [4.78, 5) is 2.22. The summed E-state index contributed by atoms with van der Waals surface area (Å²) in [5, 5.41) is 8.45. The van der Waals surface area contributed by atoms with Crippen molar-refractivity contribution in [2.45, 2.75) is 33.0 Å². The van der Waals surface area contributed by atoms with Crippen LogP contribution in [0.3, 0.4) is 0 Å². The Kier molecular flexibility index (Phi) is 4.16. The van der Waals surface area contributed by atoms with Gasteiger partial charge in [-0.3, -0.25) is 9.58 Å². The minimum atomic E-state index is 0.209. The van der Waals surface area contributed by atoms with E-state index >= 15 is 0 Å². The molecule has 19 heavy (non-hydrogen) atoms. The van der Waals surface area contributed by atoms with Crippen LogP contribution in [0.1, 0.15) is 29.9 Å². The molecule has 1 atom stereocenters. The number of aryl methyl sites for hydroxylation is 1. The molecule has 5 nitrogen and oxygen atoms in total. The highest BCUT2D eigenvalue weighted by Gasteiger charge is 2.16. The molecule has 0 aliphatic rings. The summed E-state index contributed by atoms with van der Waals surface area (Å²) < 4.78 is 6.80. The van der Waals surface area contributed by atoms with Gasteiger partial charge < -0.3 is 4.52 Å². The molecule has 0 amide bonds. The quantitative estimate of drug-likeness (QED) is 0.749. The predicted octanol–water partition coefficient (Wildman–Crippen LogP) is 2.56. The van der Waals surface area contributed by atoms with Gasteiger partial charge in [-0.25, -0.2) is 0 Å². The molecule has 2 rings (SSSR count). The molecule has 2 aromatic heterocycles. The molecular formula is C14H20N4O. The van der Waals surface area contributed by atoms with Crippen molar-refractivity contribution in [2.75, 3.05) is 7.05 Å². The molecule has 0 radical (unpaired) electrons. The molecule has 0 spiro atoms. The molecule has 0 aliphatic carbocycles. The molecule has 0 saturated heterocycles. The van der Waals surface area contributed by atoms with Crippen molar-refractivity contribution >= 4 is 0 Å². The van der Waals surface area contributed by atoms with Gasteiger partial charge in [0.1, 0.15) is 12.0 Å². The molecule has 5 heteroatoms. The fourth-order valence-electron chi connectivity index (χ4n) is 2.01. The minimum absolute atomic E-state index is 0.209. The van der Waals surface area contributed by atoms with Crippen LogP contribution in [-0.4, -0.2) is 26.9 Å². The van der Waals surface area contributed by atoms with Gasteiger partial charge in [0.05, 0.1) is 18.3 Å². The van der Waals surface area contributed by atoms with Crippen LogP contribution in [0.2, 0.25) is 0 Å². The Morgan fingerprint density at radius 1 is 1.58 bits per heavy atom. The standard InChI is InChI=1S/C14H20N4O/c1-5-7-18-10-13(11(2)15-18)9-17(4)12(3)14-6-8-19-16-14/h5-6,8,10,12H,1,7,9H2,2-4H3. The first kappa shape index (κ1) is 13.5. The summed E-state index contributed by atoms with van der Waals surface area (Å²) in [6, 6.07) is 2.11. The van der Waals surface area contributed by atoms with Crippen LogP contribution in [0, 0.1) is 6.92 Å². The van der Waals surface area contributed by atoms with E-state index in [1.165, 1.54) is 5.56 Å². The summed E-state index contributed by atoms with van der Waals surface area (Å²) in [5.41, 5.74) is 3.22. The van der Waals surface area contributed by atoms with Crippen LogP contribution in [0.4, 0.5) is 0 Å². The van der Waals surface area contributed by atoms with E-state index in [2.05, 4.69) is 41.9 Å². The van der Waals surface area contributed by atoms with E-state index in [4.69, 9.17) is 4.52 Å². The van der Waals surface area contributed by atoms with Gasteiger partial charge in [-0.2, -0.15) is 5.10 Å². The number of hydrogen-bond donors (Lipinski definition) is 0. The van der Waals surface area contributed by atoms with E-state index < -0.39 is 0 Å². The van der Waals surface area contributed by atoms with Crippen molar-refractivity contribution in [3.05, 3.63) is 48.1 Å². The number of rotatable bonds is 6. The van der Waals surface area contributed by atoms with Gasteiger partial charge in [0.25, 0.3) is 0 Å². The maximum absolute atomic E-state index is 4.89. The van der Waals surface area contributed by atoms with Crippen LogP contribution in [-0.2, 0) is 13.1 Å². The monoisotopic (exact) mass is 260 g/mol. The topological polar surface area (TPSA) is 47.1 Å². The Labute approximate surface area is 113 Å². The summed E-state index contributed by atoms with van der Waals surface area (Å²) in [6.07, 6.45) is 5.52. The lowest BCUT2D eigenvalue weighted by atomic mass is 10.2. The van der Waals surface area contributed by atoms with E-state index in [-0.39, 0.29) is 6.04 Å². The second-order valence-corrected chi connectivity index (χ2v) is 4.77. The molecule has 0 bridgehead atoms. The molecule has 0 aromatic carbocycles. The molecule has 2 heterocycles. The Hall–Kier alpha value is -1.88. The van der Waals surface area contributed by atoms with Crippen LogP contribution < -0.4 is 0 Å². The van der Waals surface area contributed by atoms with Crippen molar-refractivity contribution in [3.8, 4) is 0 Å². The fourth-order valence-corrected chi connectivity index (χ4v) is 2.01. The van der Waals surface area contributed by atoms with E-state index in [1.54, 1.807) is 6.26 Å². The molecule has 1 unspecified atom stereocenters. The van der Waals surface area contributed by atoms with Crippen LogP contribution >= 0.6 is 0 Å². The summed E-state index contributed by atoms with van der Waals surface area (Å²) >= 11 is 0. The number of hydrogen-bond acceptors (Lipinski definition) is 4. The van der Waals surface area contributed by atoms with Gasteiger partial charge in [0, 0.05) is 24.4 Å². The second-order valence-electron chi connectivity index (χ2n) is 4.77. The summed E-state index contributed by atoms with van der Waals surface area (Å²) in [6.45, 7) is 9.44. The minimum Gasteiger partial charge on any atom is -0.364 e. The molecule has 0 fully saturated rings. The van der Waals surface area contributed by atoms with Crippen molar-refractivity contribution in [2.24, 2.45) is 0 Å². The zero-order valence-corrected chi connectivity index (χ0v) is 11.7. The van der Waals surface area contributed by atoms with Crippen molar-refractivity contribution in [1.82, 2.24) is 19.8 Å². The normalized spacial score (nSPS) is 12.8. The van der Waals surface area contributed by atoms with E-state index in [1.807, 2.05) is 23.7 Å². The Morgan fingerprint density at radius 3 is 3.00 bits per heavy atom. The van der Waals surface area contributed by atoms with Gasteiger partial charge in [-0.1, -0.05) is 11.2 Å². The Balaban J connectivity index is 2.06. The molecule has 0 aliphatic heterocycles. The third kappa shape index (κ3) is 3.12. The molecular weight excluding hydrogens is 240 g/mol. The lowest BCUT2D eigenvalue weighted by molar-refractivity contribution is 0.240. The maximum atomic E-state index is 4.89. The highest BCUT2D eigenvalue weighted by atomic mass is 16.5. The third-order valence-electron chi connectivity index (χ3n) is 3.33. The second kappa shape index (κ2) is 5.84. The zero-order valence-electron chi connectivity index (χ0n) is 11.7. The zero-order chi connectivity index (χ0) is 13.8. The maximum Gasteiger partial charge on any atom is 0.124 e. The summed E-state index contributed by atoms with van der Waals surface area (Å²) in [5.74, 6) is 0. The summed E-state index contributed by atoms with van der Waals surface area (Å²) in [7, 11) is 2.07. The lowest BCUT2D eigenvalue weighted by Crippen LogP contribution is -2.22. The first-order chi connectivity index (χ1) is 9.11. The first-order valence-corrected chi connectivity index (χ1v) is 6.36. The number of allylic oxidation sites excluding steroid dienone is 1. The number of nitrogens with zero attached hydrogens (tertiary/aromatic N) is 4. The Bertz CT molecular complexity index is 530. The lowest BCUT2D eigenvalue weighted by Gasteiger charge is -2.22. The van der Waals surface area contributed by atoms with Gasteiger partial charge in [0.2, 0.25) is 0 Å². The number of aromatic nitrogens is 3. The molecule has 0 saturated carbocycles. The largest absolute Gasteiger partial charge is 0.364 e. The average Bonchev–Trinajstić information content (AvgIpc) is 3.00. The van der Waals surface area contributed by atoms with Crippen LogP contribution in [0.15, 0.2) is 35.7 Å². The van der Waals surface area contributed by atoms with E-state index in [9.17, 15) is 0 Å². The van der Waals surface area contributed by atoms with Crippen molar-refractivity contribution < 1.29 is 4.52 Å². The van der Waals surface area contributed by atoms with E-state index in [0.717, 1.165) is 24.5 Å². The van der Waals surface area contributed by atoms with Crippen molar-refractivity contribution in [1.29, 1.82) is 0 Å². The highest BCUT2D eigenvalue weighted by Crippen LogP contribution is 2.19. The van der Waals surface area contributed by atoms with Gasteiger partial charge in [-0.05, 0) is 20.9 Å². The smallest absolute Gasteiger partial charge is 0.124 e. The van der Waals surface area contributed by atoms with Crippen LogP contribution in [0.25, 0.3) is 0 Å². The fraction of sp³-hybridized carbons (Fsp3) is 0.429. The van der Waals surface area contributed by atoms with E-state index in [0.29, 0.717) is 0 Å². The average molecular weight is 260 g/mol. The van der Waals surface area contributed by atoms with Crippen LogP contribution in [0.5, 0.6) is 0 Å². The highest BCUT2D eigenvalue weighted by molar-refractivity contribution is 5.16. The van der Waals surface area contributed by atoms with Gasteiger partial charge in [-0.15, -0.1) is 6.58 Å².